The molecule has 0 aliphatic heterocycles. The highest BCUT2D eigenvalue weighted by Gasteiger charge is 2.13. The Hall–Kier alpha value is -2.47. The number of para-hydroxylation sites is 1. The van der Waals surface area contributed by atoms with Crippen LogP contribution >= 0.6 is 15.9 Å². The molecular formula is C15H9BrN2O3. The molecule has 104 valence electrons. The van der Waals surface area contributed by atoms with Crippen LogP contribution in [0.3, 0.4) is 0 Å². The van der Waals surface area contributed by atoms with E-state index in [1.807, 2.05) is 6.07 Å². The van der Waals surface area contributed by atoms with Gasteiger partial charge < -0.3 is 9.84 Å². The number of hydrogen-bond acceptors (Lipinski definition) is 4. The van der Waals surface area contributed by atoms with Gasteiger partial charge in [-0.25, -0.2) is 9.78 Å². The first-order valence-electron chi connectivity index (χ1n) is 6.05. The summed E-state index contributed by atoms with van der Waals surface area (Å²) < 4.78 is 6.54. The number of carbonyl (C=O) groups is 1. The fraction of sp³-hybridized carbons (Fsp3) is 0. The summed E-state index contributed by atoms with van der Waals surface area (Å²) in [5.41, 5.74) is 1.33. The fourth-order valence-electron chi connectivity index (χ4n) is 1.91. The lowest BCUT2D eigenvalue weighted by atomic mass is 10.2. The lowest BCUT2D eigenvalue weighted by molar-refractivity contribution is 0.0694. The van der Waals surface area contributed by atoms with E-state index in [4.69, 9.17) is 4.74 Å². The highest BCUT2D eigenvalue weighted by molar-refractivity contribution is 9.10. The van der Waals surface area contributed by atoms with Gasteiger partial charge in [-0.2, -0.15) is 0 Å². The van der Waals surface area contributed by atoms with Crippen molar-refractivity contribution in [2.24, 2.45) is 0 Å². The number of benzene rings is 1. The van der Waals surface area contributed by atoms with Gasteiger partial charge in [0.1, 0.15) is 16.8 Å². The van der Waals surface area contributed by atoms with Crippen LogP contribution in [0.5, 0.6) is 11.5 Å². The molecule has 0 fully saturated rings. The molecule has 0 saturated carbocycles. The number of ether oxygens (including phenoxy) is 1. The van der Waals surface area contributed by atoms with Gasteiger partial charge in [0.15, 0.2) is 5.75 Å². The van der Waals surface area contributed by atoms with E-state index < -0.39 is 5.97 Å². The number of nitrogens with zero attached hydrogens (tertiary/aromatic N) is 2. The molecule has 0 unspecified atom stereocenters. The summed E-state index contributed by atoms with van der Waals surface area (Å²) in [5, 5.41) is 9.18. The lowest BCUT2D eigenvalue weighted by Gasteiger charge is -2.10. The normalized spacial score (nSPS) is 10.5. The van der Waals surface area contributed by atoms with Crippen LogP contribution in [-0.2, 0) is 0 Å². The van der Waals surface area contributed by atoms with Crippen molar-refractivity contribution in [3.63, 3.8) is 0 Å². The van der Waals surface area contributed by atoms with E-state index in [1.54, 1.807) is 36.7 Å². The molecule has 0 bridgehead atoms. The Morgan fingerprint density at radius 2 is 1.95 bits per heavy atom. The van der Waals surface area contributed by atoms with E-state index >= 15 is 0 Å². The van der Waals surface area contributed by atoms with Crippen molar-refractivity contribution in [1.82, 2.24) is 9.97 Å². The second-order valence-corrected chi connectivity index (χ2v) is 5.15. The van der Waals surface area contributed by atoms with Crippen molar-refractivity contribution in [2.75, 3.05) is 0 Å². The molecule has 0 radical (unpaired) electrons. The molecular weight excluding hydrogens is 336 g/mol. The van der Waals surface area contributed by atoms with Crippen LogP contribution in [0.25, 0.3) is 11.0 Å². The molecule has 0 amide bonds. The van der Waals surface area contributed by atoms with Gasteiger partial charge in [-0.1, -0.05) is 12.1 Å². The molecule has 21 heavy (non-hydrogen) atoms. The number of aromatic carboxylic acids is 1. The van der Waals surface area contributed by atoms with Crippen LogP contribution in [0.15, 0.2) is 53.3 Å². The molecule has 3 rings (SSSR count). The third kappa shape index (κ3) is 2.71. The first kappa shape index (κ1) is 13.5. The fourth-order valence-corrected chi connectivity index (χ4v) is 2.23. The van der Waals surface area contributed by atoms with Gasteiger partial charge in [0, 0.05) is 22.9 Å². The van der Waals surface area contributed by atoms with Crippen molar-refractivity contribution in [1.29, 1.82) is 0 Å². The average molecular weight is 345 g/mol. The first-order valence-corrected chi connectivity index (χ1v) is 6.85. The summed E-state index contributed by atoms with van der Waals surface area (Å²) >= 11 is 3.33. The molecule has 0 aliphatic rings. The second kappa shape index (κ2) is 5.49. The molecule has 2 heterocycles. The molecule has 0 aliphatic carbocycles. The molecule has 2 aromatic heterocycles. The van der Waals surface area contributed by atoms with Crippen molar-refractivity contribution in [3.05, 3.63) is 58.8 Å². The number of carboxylic acid groups (broad SMARTS) is 1. The SMILES string of the molecule is O=C(O)c1ccccc1Oc1ccnc2cc(Br)cnc12. The number of halogens is 1. The minimum absolute atomic E-state index is 0.0968. The predicted octanol–water partition coefficient (Wildman–Crippen LogP) is 3.88. The first-order chi connectivity index (χ1) is 10.1. The third-order valence-corrected chi connectivity index (χ3v) is 3.28. The van der Waals surface area contributed by atoms with E-state index in [0.717, 1.165) is 4.47 Å². The molecule has 3 aromatic rings. The van der Waals surface area contributed by atoms with E-state index in [2.05, 4.69) is 25.9 Å². The molecule has 1 aromatic carbocycles. The molecule has 0 saturated heterocycles. The van der Waals surface area contributed by atoms with E-state index in [9.17, 15) is 9.90 Å². The smallest absolute Gasteiger partial charge is 0.339 e. The molecule has 0 spiro atoms. The topological polar surface area (TPSA) is 72.3 Å². The Bertz CT molecular complexity index is 836. The number of aromatic nitrogens is 2. The summed E-state index contributed by atoms with van der Waals surface area (Å²) in [6.07, 6.45) is 3.23. The summed E-state index contributed by atoms with van der Waals surface area (Å²) in [6.45, 7) is 0. The van der Waals surface area contributed by atoms with Gasteiger partial charge in [0.05, 0.1) is 5.52 Å². The maximum atomic E-state index is 11.2. The maximum absolute atomic E-state index is 11.2. The summed E-state index contributed by atoms with van der Waals surface area (Å²) in [7, 11) is 0. The summed E-state index contributed by atoms with van der Waals surface area (Å²) in [4.78, 5) is 19.7. The Kier molecular flexibility index (Phi) is 3.53. The average Bonchev–Trinajstić information content (AvgIpc) is 2.47. The molecule has 1 N–H and O–H groups in total. The van der Waals surface area contributed by atoms with Crippen molar-refractivity contribution < 1.29 is 14.6 Å². The van der Waals surface area contributed by atoms with Gasteiger partial charge in [0.2, 0.25) is 0 Å². The Labute approximate surface area is 128 Å². The van der Waals surface area contributed by atoms with Crippen molar-refractivity contribution >= 4 is 32.9 Å². The number of rotatable bonds is 3. The van der Waals surface area contributed by atoms with Crippen LogP contribution in [0, 0.1) is 0 Å². The lowest BCUT2D eigenvalue weighted by Crippen LogP contribution is -2.00. The van der Waals surface area contributed by atoms with Crippen molar-refractivity contribution in [2.45, 2.75) is 0 Å². The van der Waals surface area contributed by atoms with E-state index in [0.29, 0.717) is 16.8 Å². The zero-order valence-electron chi connectivity index (χ0n) is 10.7. The predicted molar refractivity (Wildman–Crippen MR) is 80.7 cm³/mol. The minimum atomic E-state index is -1.04. The number of pyridine rings is 2. The second-order valence-electron chi connectivity index (χ2n) is 4.23. The zero-order valence-corrected chi connectivity index (χ0v) is 12.2. The van der Waals surface area contributed by atoms with E-state index in [-0.39, 0.29) is 11.3 Å². The largest absolute Gasteiger partial charge is 0.478 e. The van der Waals surface area contributed by atoms with Gasteiger partial charge >= 0.3 is 5.97 Å². The Morgan fingerprint density at radius 3 is 2.76 bits per heavy atom. The van der Waals surface area contributed by atoms with Crippen LogP contribution in [0.1, 0.15) is 10.4 Å². The van der Waals surface area contributed by atoms with Crippen LogP contribution in [0.2, 0.25) is 0 Å². The standard InChI is InChI=1S/C15H9BrN2O3/c16-9-7-11-14(18-8-9)13(5-6-17-11)21-12-4-2-1-3-10(12)15(19)20/h1-8H,(H,19,20). The van der Waals surface area contributed by atoms with Crippen LogP contribution in [-0.4, -0.2) is 21.0 Å². The Balaban J connectivity index is 2.09. The molecule has 0 atom stereocenters. The van der Waals surface area contributed by atoms with Gasteiger partial charge in [-0.05, 0) is 34.1 Å². The van der Waals surface area contributed by atoms with E-state index in [1.165, 1.54) is 6.07 Å². The van der Waals surface area contributed by atoms with Crippen LogP contribution in [0.4, 0.5) is 0 Å². The number of carboxylic acids is 1. The quantitative estimate of drug-likeness (QED) is 0.780. The van der Waals surface area contributed by atoms with Crippen molar-refractivity contribution in [3.8, 4) is 11.5 Å². The number of fused-ring (bicyclic) bond motifs is 1. The molecule has 5 nitrogen and oxygen atoms in total. The van der Waals surface area contributed by atoms with Crippen LogP contribution < -0.4 is 4.74 Å². The number of hydrogen-bond donors (Lipinski definition) is 1. The highest BCUT2D eigenvalue weighted by atomic mass is 79.9. The maximum Gasteiger partial charge on any atom is 0.339 e. The molecule has 6 heteroatoms. The minimum Gasteiger partial charge on any atom is -0.478 e. The summed E-state index contributed by atoms with van der Waals surface area (Å²) in [5.74, 6) is -0.317. The third-order valence-electron chi connectivity index (χ3n) is 2.84. The monoisotopic (exact) mass is 344 g/mol. The Morgan fingerprint density at radius 1 is 1.14 bits per heavy atom. The summed E-state index contributed by atoms with van der Waals surface area (Å²) in [6, 6.07) is 9.94. The highest BCUT2D eigenvalue weighted by Crippen LogP contribution is 2.30. The zero-order chi connectivity index (χ0) is 14.8. The van der Waals surface area contributed by atoms with Gasteiger partial charge in [-0.15, -0.1) is 0 Å². The van der Waals surface area contributed by atoms with Gasteiger partial charge in [-0.3, -0.25) is 4.98 Å². The van der Waals surface area contributed by atoms with Gasteiger partial charge in [0.25, 0.3) is 0 Å².